The van der Waals surface area contributed by atoms with Crippen molar-refractivity contribution in [1.82, 2.24) is 10.1 Å². The fourth-order valence-electron chi connectivity index (χ4n) is 2.07. The van der Waals surface area contributed by atoms with Gasteiger partial charge in [-0.2, -0.15) is 0 Å². The van der Waals surface area contributed by atoms with E-state index in [1.165, 1.54) is 19.4 Å². The third kappa shape index (κ3) is 1.61. The third-order valence-corrected chi connectivity index (χ3v) is 2.74. The van der Waals surface area contributed by atoms with Crippen LogP contribution in [0.25, 0.3) is 0 Å². The first-order valence-corrected chi connectivity index (χ1v) is 4.98. The second-order valence-corrected chi connectivity index (χ2v) is 3.66. The Morgan fingerprint density at radius 1 is 1.69 bits per heavy atom. The van der Waals surface area contributed by atoms with Gasteiger partial charge in [-0.05, 0) is 32.9 Å². The van der Waals surface area contributed by atoms with Crippen LogP contribution in [0.15, 0.2) is 10.6 Å². The Balaban J connectivity index is 2.15. The molecular formula is C10H16N2O. The molecule has 1 saturated heterocycles. The van der Waals surface area contributed by atoms with Crippen LogP contribution in [-0.4, -0.2) is 23.1 Å². The highest BCUT2D eigenvalue weighted by Gasteiger charge is 2.27. The molecule has 2 rings (SSSR count). The number of rotatable bonds is 2. The molecule has 72 valence electrons. The predicted octanol–water partition coefficient (Wildman–Crippen LogP) is 2.14. The van der Waals surface area contributed by atoms with Gasteiger partial charge in [0.05, 0.1) is 11.7 Å². The van der Waals surface area contributed by atoms with Crippen molar-refractivity contribution in [2.75, 3.05) is 13.1 Å². The molecule has 1 atom stereocenters. The van der Waals surface area contributed by atoms with E-state index in [1.54, 1.807) is 0 Å². The van der Waals surface area contributed by atoms with Crippen LogP contribution >= 0.6 is 0 Å². The van der Waals surface area contributed by atoms with Gasteiger partial charge in [0.25, 0.3) is 0 Å². The molecule has 0 bridgehead atoms. The third-order valence-electron chi connectivity index (χ3n) is 2.74. The van der Waals surface area contributed by atoms with Crippen LogP contribution in [-0.2, 0) is 0 Å². The first-order chi connectivity index (χ1) is 6.31. The van der Waals surface area contributed by atoms with Crippen molar-refractivity contribution in [1.29, 1.82) is 0 Å². The zero-order chi connectivity index (χ0) is 9.26. The topological polar surface area (TPSA) is 29.3 Å². The number of nitrogens with zero attached hydrogens (tertiary/aromatic N) is 2. The Morgan fingerprint density at radius 2 is 2.54 bits per heavy atom. The van der Waals surface area contributed by atoms with Crippen LogP contribution in [0.2, 0.25) is 0 Å². The van der Waals surface area contributed by atoms with Crippen LogP contribution in [0.1, 0.15) is 37.3 Å². The minimum Gasteiger partial charge on any atom is -0.359 e. The van der Waals surface area contributed by atoms with E-state index in [4.69, 9.17) is 4.52 Å². The van der Waals surface area contributed by atoms with Gasteiger partial charge < -0.3 is 4.52 Å². The summed E-state index contributed by atoms with van der Waals surface area (Å²) in [7, 11) is 0. The molecule has 13 heavy (non-hydrogen) atoms. The first kappa shape index (κ1) is 8.75. The summed E-state index contributed by atoms with van der Waals surface area (Å²) in [4.78, 5) is 2.44. The Kier molecular flexibility index (Phi) is 2.36. The lowest BCUT2D eigenvalue weighted by atomic mass is 10.1. The Bertz CT molecular complexity index is 282. The number of hydrogen-bond acceptors (Lipinski definition) is 3. The predicted molar refractivity (Wildman–Crippen MR) is 50.5 cm³/mol. The summed E-state index contributed by atoms with van der Waals surface area (Å²) >= 11 is 0. The van der Waals surface area contributed by atoms with E-state index in [-0.39, 0.29) is 0 Å². The summed E-state index contributed by atoms with van der Waals surface area (Å²) in [6, 6.07) is 2.53. The maximum Gasteiger partial charge on any atom is 0.154 e. The van der Waals surface area contributed by atoms with Gasteiger partial charge in [0, 0.05) is 6.07 Å². The highest BCUT2D eigenvalue weighted by Crippen LogP contribution is 2.31. The van der Waals surface area contributed by atoms with Gasteiger partial charge in [-0.1, -0.05) is 12.1 Å². The van der Waals surface area contributed by atoms with Gasteiger partial charge in [-0.25, -0.2) is 0 Å². The average Bonchev–Trinajstić information content (AvgIpc) is 2.71. The van der Waals surface area contributed by atoms with Crippen LogP contribution in [0.4, 0.5) is 0 Å². The van der Waals surface area contributed by atoms with Crippen molar-refractivity contribution in [3.63, 3.8) is 0 Å². The van der Waals surface area contributed by atoms with Gasteiger partial charge in [0.1, 0.15) is 0 Å². The van der Waals surface area contributed by atoms with Gasteiger partial charge in [0.2, 0.25) is 0 Å². The molecule has 3 heteroatoms. The lowest BCUT2D eigenvalue weighted by molar-refractivity contribution is 0.223. The van der Waals surface area contributed by atoms with Crippen LogP contribution in [0.5, 0.6) is 0 Å². The monoisotopic (exact) mass is 180 g/mol. The molecule has 1 aromatic rings. The zero-order valence-corrected chi connectivity index (χ0v) is 8.29. The molecule has 0 unspecified atom stereocenters. The van der Waals surface area contributed by atoms with Crippen molar-refractivity contribution in [3.8, 4) is 0 Å². The van der Waals surface area contributed by atoms with E-state index in [9.17, 15) is 0 Å². The summed E-state index contributed by atoms with van der Waals surface area (Å²) in [5, 5.41) is 3.93. The molecule has 0 N–H and O–H groups in total. The summed E-state index contributed by atoms with van der Waals surface area (Å²) in [6.07, 6.45) is 2.49. The smallest absolute Gasteiger partial charge is 0.154 e. The maximum atomic E-state index is 5.29. The molecule has 1 aliphatic rings. The summed E-state index contributed by atoms with van der Waals surface area (Å²) < 4.78 is 5.29. The highest BCUT2D eigenvalue weighted by atomic mass is 16.5. The molecule has 0 spiro atoms. The van der Waals surface area contributed by atoms with Crippen molar-refractivity contribution >= 4 is 0 Å². The molecule has 1 fully saturated rings. The highest BCUT2D eigenvalue weighted by molar-refractivity contribution is 5.09. The zero-order valence-electron chi connectivity index (χ0n) is 8.29. The van der Waals surface area contributed by atoms with E-state index >= 15 is 0 Å². The molecule has 2 heterocycles. The molecule has 0 aliphatic carbocycles. The minimum atomic E-state index is 0.478. The molecular weight excluding hydrogens is 164 g/mol. The Morgan fingerprint density at radius 3 is 3.15 bits per heavy atom. The molecule has 0 aromatic carbocycles. The molecule has 0 radical (unpaired) electrons. The molecule has 0 amide bonds. The standard InChI is InChI=1S/C10H16N2O/c1-3-12-6-4-5-9(12)10-7-8(2)11-13-10/h7,9H,3-6H2,1-2H3/t9-/m1/s1. The van der Waals surface area contributed by atoms with Crippen LogP contribution in [0.3, 0.4) is 0 Å². The van der Waals surface area contributed by atoms with E-state index in [1.807, 2.05) is 6.92 Å². The lowest BCUT2D eigenvalue weighted by Crippen LogP contribution is -2.22. The molecule has 1 aliphatic heterocycles. The van der Waals surface area contributed by atoms with Crippen molar-refractivity contribution in [2.24, 2.45) is 0 Å². The largest absolute Gasteiger partial charge is 0.359 e. The van der Waals surface area contributed by atoms with Crippen molar-refractivity contribution < 1.29 is 4.52 Å². The van der Waals surface area contributed by atoms with Gasteiger partial charge in [-0.3, -0.25) is 4.90 Å². The van der Waals surface area contributed by atoms with Crippen LogP contribution in [0, 0.1) is 6.92 Å². The summed E-state index contributed by atoms with van der Waals surface area (Å²) in [5.74, 6) is 1.04. The molecule has 0 saturated carbocycles. The Hall–Kier alpha value is -0.830. The lowest BCUT2D eigenvalue weighted by Gasteiger charge is -2.19. The maximum absolute atomic E-state index is 5.29. The summed E-state index contributed by atoms with van der Waals surface area (Å²) in [6.45, 7) is 6.46. The molecule has 3 nitrogen and oxygen atoms in total. The minimum absolute atomic E-state index is 0.478. The second kappa shape index (κ2) is 3.50. The number of aryl methyl sites for hydroxylation is 1. The fourth-order valence-corrected chi connectivity index (χ4v) is 2.07. The quantitative estimate of drug-likeness (QED) is 0.698. The number of likely N-dealkylation sites (tertiary alicyclic amines) is 1. The SMILES string of the molecule is CCN1CCC[C@@H]1c1cc(C)no1. The van der Waals surface area contributed by atoms with E-state index in [2.05, 4.69) is 23.0 Å². The van der Waals surface area contributed by atoms with E-state index in [0.717, 1.165) is 18.0 Å². The van der Waals surface area contributed by atoms with Gasteiger partial charge in [0.15, 0.2) is 5.76 Å². The van der Waals surface area contributed by atoms with Gasteiger partial charge >= 0.3 is 0 Å². The van der Waals surface area contributed by atoms with Crippen molar-refractivity contribution in [3.05, 3.63) is 17.5 Å². The normalized spacial score (nSPS) is 24.0. The van der Waals surface area contributed by atoms with Crippen molar-refractivity contribution in [2.45, 2.75) is 32.7 Å². The molecule has 1 aromatic heterocycles. The fraction of sp³-hybridized carbons (Fsp3) is 0.700. The first-order valence-electron chi connectivity index (χ1n) is 4.98. The van der Waals surface area contributed by atoms with Gasteiger partial charge in [-0.15, -0.1) is 0 Å². The second-order valence-electron chi connectivity index (χ2n) is 3.66. The number of hydrogen-bond donors (Lipinski definition) is 0. The Labute approximate surface area is 78.7 Å². The van der Waals surface area contributed by atoms with Crippen LogP contribution < -0.4 is 0 Å². The number of aromatic nitrogens is 1. The van der Waals surface area contributed by atoms with E-state index < -0.39 is 0 Å². The average molecular weight is 180 g/mol. The van der Waals surface area contributed by atoms with E-state index in [0.29, 0.717) is 6.04 Å². The summed E-state index contributed by atoms with van der Waals surface area (Å²) in [5.41, 5.74) is 0.984.